The Hall–Kier alpha value is -1.11. The van der Waals surface area contributed by atoms with E-state index in [0.29, 0.717) is 4.47 Å². The molecule has 0 bridgehead atoms. The Morgan fingerprint density at radius 2 is 2.00 bits per heavy atom. The third-order valence-electron chi connectivity index (χ3n) is 1.93. The summed E-state index contributed by atoms with van der Waals surface area (Å²) in [6.45, 7) is 0. The summed E-state index contributed by atoms with van der Waals surface area (Å²) in [7, 11) is 0. The van der Waals surface area contributed by atoms with Gasteiger partial charge in [-0.3, -0.25) is 4.79 Å². The van der Waals surface area contributed by atoms with E-state index in [4.69, 9.17) is 5.73 Å². The van der Waals surface area contributed by atoms with E-state index in [0.717, 1.165) is 0 Å². The maximum absolute atomic E-state index is 10.6. The molecule has 15 heavy (non-hydrogen) atoms. The number of nitrogens with two attached hydrogens (primary N) is 1. The van der Waals surface area contributed by atoms with E-state index in [1.165, 1.54) is 6.07 Å². The summed E-state index contributed by atoms with van der Waals surface area (Å²) < 4.78 is 0.357. The van der Waals surface area contributed by atoms with Gasteiger partial charge in [-0.2, -0.15) is 0 Å². The lowest BCUT2D eigenvalue weighted by Gasteiger charge is -2.16. The van der Waals surface area contributed by atoms with Gasteiger partial charge in [-0.25, -0.2) is 0 Å². The Labute approximate surface area is 94.3 Å². The molecule has 1 rings (SSSR count). The summed E-state index contributed by atoms with van der Waals surface area (Å²) in [4.78, 5) is 10.6. The fraction of sp³-hybridized carbons (Fsp3) is 0.222. The molecular formula is C9H10BrNO4. The number of rotatable bonds is 3. The predicted octanol–water partition coefficient (Wildman–Crippen LogP) is 0.0343. The number of benzene rings is 1. The molecule has 2 unspecified atom stereocenters. The van der Waals surface area contributed by atoms with Crippen molar-refractivity contribution in [3.05, 3.63) is 28.2 Å². The standard InChI is InChI=1S/C9H10BrNO4/c10-5-3-1-2-4(6(5)12)7(13)8(14)9(11)15/h1-3,7-8,12-14H,(H2,11,15). The number of halogens is 1. The van der Waals surface area contributed by atoms with Crippen LogP contribution in [0.3, 0.4) is 0 Å². The number of para-hydroxylation sites is 1. The molecule has 6 heteroatoms. The monoisotopic (exact) mass is 275 g/mol. The quantitative estimate of drug-likeness (QED) is 0.625. The Bertz CT molecular complexity index is 382. The van der Waals surface area contributed by atoms with Gasteiger partial charge in [0.25, 0.3) is 0 Å². The maximum Gasteiger partial charge on any atom is 0.249 e. The minimum absolute atomic E-state index is 0.0377. The first-order chi connectivity index (χ1) is 6.95. The van der Waals surface area contributed by atoms with Gasteiger partial charge in [0.05, 0.1) is 4.47 Å². The highest BCUT2D eigenvalue weighted by molar-refractivity contribution is 9.10. The molecule has 0 saturated heterocycles. The molecule has 1 aromatic rings. The van der Waals surface area contributed by atoms with E-state index in [-0.39, 0.29) is 11.3 Å². The van der Waals surface area contributed by atoms with Crippen LogP contribution in [0.15, 0.2) is 22.7 Å². The molecule has 5 nitrogen and oxygen atoms in total. The van der Waals surface area contributed by atoms with Crippen LogP contribution in [0.4, 0.5) is 0 Å². The number of carbonyl (C=O) groups excluding carboxylic acids is 1. The van der Waals surface area contributed by atoms with Crippen molar-refractivity contribution in [2.75, 3.05) is 0 Å². The first kappa shape index (κ1) is 12.0. The SMILES string of the molecule is NC(=O)C(O)C(O)c1cccc(Br)c1O. The maximum atomic E-state index is 10.6. The van der Waals surface area contributed by atoms with E-state index >= 15 is 0 Å². The zero-order valence-corrected chi connectivity index (χ0v) is 9.18. The molecule has 1 amide bonds. The number of phenolic OH excluding ortho intramolecular Hbond substituents is 1. The summed E-state index contributed by atoms with van der Waals surface area (Å²) in [6.07, 6.45) is -3.29. The molecule has 1 aromatic carbocycles. The Kier molecular flexibility index (Phi) is 3.67. The van der Waals surface area contributed by atoms with Gasteiger partial charge in [-0.15, -0.1) is 0 Å². The number of aliphatic hydroxyl groups excluding tert-OH is 2. The van der Waals surface area contributed by atoms with Crippen LogP contribution in [0.2, 0.25) is 0 Å². The molecule has 0 spiro atoms. The van der Waals surface area contributed by atoms with E-state index in [2.05, 4.69) is 15.9 Å². The van der Waals surface area contributed by atoms with Crippen LogP contribution in [0.1, 0.15) is 11.7 Å². The smallest absolute Gasteiger partial charge is 0.249 e. The summed E-state index contributed by atoms with van der Waals surface area (Å²) >= 11 is 3.04. The predicted molar refractivity (Wildman–Crippen MR) is 56.0 cm³/mol. The number of carbonyl (C=O) groups is 1. The lowest BCUT2D eigenvalue weighted by Crippen LogP contribution is -2.33. The van der Waals surface area contributed by atoms with Crippen LogP contribution in [-0.4, -0.2) is 27.3 Å². The summed E-state index contributed by atoms with van der Waals surface area (Å²) in [6, 6.07) is 4.50. The molecule has 0 aliphatic heterocycles. The Morgan fingerprint density at radius 3 is 2.53 bits per heavy atom. The number of hydrogen-bond donors (Lipinski definition) is 4. The van der Waals surface area contributed by atoms with E-state index < -0.39 is 18.1 Å². The number of primary amides is 1. The molecular weight excluding hydrogens is 266 g/mol. The third kappa shape index (κ3) is 2.47. The minimum atomic E-state index is -1.75. The van der Waals surface area contributed by atoms with Gasteiger partial charge in [-0.05, 0) is 22.0 Å². The van der Waals surface area contributed by atoms with Crippen LogP contribution < -0.4 is 5.73 Å². The van der Waals surface area contributed by atoms with Gasteiger partial charge >= 0.3 is 0 Å². The van der Waals surface area contributed by atoms with Crippen molar-refractivity contribution in [2.24, 2.45) is 5.73 Å². The number of amides is 1. The van der Waals surface area contributed by atoms with Crippen molar-refractivity contribution in [1.82, 2.24) is 0 Å². The summed E-state index contributed by atoms with van der Waals surface area (Å²) in [5, 5.41) is 28.3. The van der Waals surface area contributed by atoms with Gasteiger partial charge in [-0.1, -0.05) is 12.1 Å². The van der Waals surface area contributed by atoms with Crippen LogP contribution >= 0.6 is 15.9 Å². The first-order valence-electron chi connectivity index (χ1n) is 4.08. The van der Waals surface area contributed by atoms with Crippen molar-refractivity contribution < 1.29 is 20.1 Å². The van der Waals surface area contributed by atoms with Crippen molar-refractivity contribution in [2.45, 2.75) is 12.2 Å². The van der Waals surface area contributed by atoms with Crippen LogP contribution in [0.25, 0.3) is 0 Å². The zero-order valence-electron chi connectivity index (χ0n) is 7.59. The normalized spacial score (nSPS) is 14.6. The van der Waals surface area contributed by atoms with Gasteiger partial charge in [0.1, 0.15) is 11.9 Å². The molecule has 0 saturated carbocycles. The molecule has 5 N–H and O–H groups in total. The van der Waals surface area contributed by atoms with Gasteiger partial charge < -0.3 is 21.1 Å². The summed E-state index contributed by atoms with van der Waals surface area (Å²) in [5.41, 5.74) is 4.86. The summed E-state index contributed by atoms with van der Waals surface area (Å²) in [5.74, 6) is -1.29. The highest BCUT2D eigenvalue weighted by Crippen LogP contribution is 2.32. The Morgan fingerprint density at radius 1 is 1.40 bits per heavy atom. The van der Waals surface area contributed by atoms with E-state index in [1.54, 1.807) is 12.1 Å². The zero-order chi connectivity index (χ0) is 11.6. The lowest BCUT2D eigenvalue weighted by atomic mass is 10.0. The molecule has 0 fully saturated rings. The van der Waals surface area contributed by atoms with E-state index in [1.807, 2.05) is 0 Å². The second-order valence-electron chi connectivity index (χ2n) is 2.97. The molecule has 0 radical (unpaired) electrons. The second-order valence-corrected chi connectivity index (χ2v) is 3.82. The third-order valence-corrected chi connectivity index (χ3v) is 2.57. The number of aliphatic hydroxyl groups is 2. The van der Waals surface area contributed by atoms with Crippen LogP contribution in [-0.2, 0) is 4.79 Å². The highest BCUT2D eigenvalue weighted by atomic mass is 79.9. The fourth-order valence-electron chi connectivity index (χ4n) is 1.10. The fourth-order valence-corrected chi connectivity index (χ4v) is 1.48. The molecule has 82 valence electrons. The number of aromatic hydroxyl groups is 1. The number of hydrogen-bond acceptors (Lipinski definition) is 4. The van der Waals surface area contributed by atoms with Crippen molar-refractivity contribution in [1.29, 1.82) is 0 Å². The largest absolute Gasteiger partial charge is 0.506 e. The number of phenols is 1. The highest BCUT2D eigenvalue weighted by Gasteiger charge is 2.26. The average molecular weight is 276 g/mol. The molecule has 0 heterocycles. The minimum Gasteiger partial charge on any atom is -0.506 e. The van der Waals surface area contributed by atoms with Gasteiger partial charge in [0, 0.05) is 5.56 Å². The van der Waals surface area contributed by atoms with E-state index in [9.17, 15) is 20.1 Å². The van der Waals surface area contributed by atoms with Crippen molar-refractivity contribution in [3.8, 4) is 5.75 Å². The average Bonchev–Trinajstić information content (AvgIpc) is 2.20. The first-order valence-corrected chi connectivity index (χ1v) is 4.87. The van der Waals surface area contributed by atoms with Crippen LogP contribution in [0.5, 0.6) is 5.75 Å². The molecule has 0 aliphatic carbocycles. The van der Waals surface area contributed by atoms with Crippen molar-refractivity contribution >= 4 is 21.8 Å². The molecule has 2 atom stereocenters. The van der Waals surface area contributed by atoms with Crippen LogP contribution in [0, 0.1) is 0 Å². The Balaban J connectivity index is 3.06. The molecule has 0 aromatic heterocycles. The topological polar surface area (TPSA) is 104 Å². The lowest BCUT2D eigenvalue weighted by molar-refractivity contribution is -0.132. The van der Waals surface area contributed by atoms with Crippen molar-refractivity contribution in [3.63, 3.8) is 0 Å². The second kappa shape index (κ2) is 4.61. The van der Waals surface area contributed by atoms with Gasteiger partial charge in [0.15, 0.2) is 6.10 Å². The molecule has 0 aliphatic rings. The van der Waals surface area contributed by atoms with Gasteiger partial charge in [0.2, 0.25) is 5.91 Å².